The number of hydrogen-bond acceptors (Lipinski definition) is 3. The molecule has 0 fully saturated rings. The fraction of sp³-hybridized carbons (Fsp3) is 0. The van der Waals surface area contributed by atoms with Gasteiger partial charge in [0, 0.05) is 33.5 Å². The standard InChI is InChI=1S/C19H10ClNO2/c20-12-7-5-11(6-8-12)17-16-15(9-10-21-17)18(22)13-3-1-2-4-14(13)19(16)23/h1-10H. The fourth-order valence-electron chi connectivity index (χ4n) is 2.87. The van der Waals surface area contributed by atoms with Crippen LogP contribution >= 0.6 is 11.6 Å². The van der Waals surface area contributed by atoms with Crippen molar-refractivity contribution in [2.75, 3.05) is 0 Å². The monoisotopic (exact) mass is 319 g/mol. The Morgan fingerprint density at radius 3 is 2.09 bits per heavy atom. The molecule has 1 heterocycles. The highest BCUT2D eigenvalue weighted by atomic mass is 35.5. The van der Waals surface area contributed by atoms with Crippen LogP contribution < -0.4 is 0 Å². The molecule has 2 aromatic carbocycles. The minimum Gasteiger partial charge on any atom is -0.289 e. The van der Waals surface area contributed by atoms with E-state index in [9.17, 15) is 9.59 Å². The zero-order valence-electron chi connectivity index (χ0n) is 11.9. The van der Waals surface area contributed by atoms with E-state index >= 15 is 0 Å². The molecule has 1 aliphatic carbocycles. The lowest BCUT2D eigenvalue weighted by atomic mass is 9.82. The number of fused-ring (bicyclic) bond motifs is 2. The van der Waals surface area contributed by atoms with Gasteiger partial charge >= 0.3 is 0 Å². The van der Waals surface area contributed by atoms with Crippen molar-refractivity contribution in [2.45, 2.75) is 0 Å². The normalized spacial score (nSPS) is 12.7. The van der Waals surface area contributed by atoms with E-state index in [-0.39, 0.29) is 11.6 Å². The Balaban J connectivity index is 1.99. The zero-order chi connectivity index (χ0) is 16.0. The summed E-state index contributed by atoms with van der Waals surface area (Å²) in [6.07, 6.45) is 1.56. The van der Waals surface area contributed by atoms with Crippen molar-refractivity contribution in [1.29, 1.82) is 0 Å². The van der Waals surface area contributed by atoms with E-state index in [1.165, 1.54) is 0 Å². The number of nitrogens with zero attached hydrogens (tertiary/aromatic N) is 1. The number of benzene rings is 2. The molecule has 3 nitrogen and oxygen atoms in total. The number of carbonyl (C=O) groups is 2. The molecule has 4 heteroatoms. The summed E-state index contributed by atoms with van der Waals surface area (Å²) < 4.78 is 0. The van der Waals surface area contributed by atoms with Crippen LogP contribution in [0.5, 0.6) is 0 Å². The predicted molar refractivity (Wildman–Crippen MR) is 88.0 cm³/mol. The number of rotatable bonds is 1. The highest BCUT2D eigenvalue weighted by Gasteiger charge is 2.32. The van der Waals surface area contributed by atoms with Gasteiger partial charge < -0.3 is 0 Å². The smallest absolute Gasteiger partial charge is 0.196 e. The fourth-order valence-corrected chi connectivity index (χ4v) is 2.99. The lowest BCUT2D eigenvalue weighted by Crippen LogP contribution is -2.22. The van der Waals surface area contributed by atoms with Gasteiger partial charge in [0.15, 0.2) is 11.6 Å². The maximum Gasteiger partial charge on any atom is 0.196 e. The number of pyridine rings is 1. The van der Waals surface area contributed by atoms with Gasteiger partial charge in [0.25, 0.3) is 0 Å². The third-order valence-electron chi connectivity index (χ3n) is 3.96. The molecule has 0 amide bonds. The summed E-state index contributed by atoms with van der Waals surface area (Å²) in [4.78, 5) is 29.9. The van der Waals surface area contributed by atoms with Crippen molar-refractivity contribution in [3.05, 3.63) is 88.1 Å². The molecule has 23 heavy (non-hydrogen) atoms. The second kappa shape index (κ2) is 5.14. The number of aromatic nitrogens is 1. The average molecular weight is 320 g/mol. The van der Waals surface area contributed by atoms with Gasteiger partial charge in [-0.2, -0.15) is 0 Å². The second-order valence-electron chi connectivity index (χ2n) is 5.29. The lowest BCUT2D eigenvalue weighted by Gasteiger charge is -2.19. The van der Waals surface area contributed by atoms with Gasteiger partial charge in [0.2, 0.25) is 0 Å². The van der Waals surface area contributed by atoms with E-state index in [4.69, 9.17) is 11.6 Å². The topological polar surface area (TPSA) is 47.0 Å². The Labute approximate surface area is 137 Å². The van der Waals surface area contributed by atoms with E-state index in [0.29, 0.717) is 33.0 Å². The van der Waals surface area contributed by atoms with Gasteiger partial charge in [-0.15, -0.1) is 0 Å². The molecule has 0 saturated heterocycles. The maximum absolute atomic E-state index is 12.9. The van der Waals surface area contributed by atoms with Gasteiger partial charge in [-0.1, -0.05) is 48.0 Å². The first-order valence-electron chi connectivity index (χ1n) is 7.10. The van der Waals surface area contributed by atoms with Crippen molar-refractivity contribution >= 4 is 23.2 Å². The second-order valence-corrected chi connectivity index (χ2v) is 5.73. The Bertz CT molecular complexity index is 961. The first-order valence-corrected chi connectivity index (χ1v) is 7.48. The van der Waals surface area contributed by atoms with Crippen LogP contribution in [-0.4, -0.2) is 16.6 Å². The van der Waals surface area contributed by atoms with Gasteiger partial charge in [0.05, 0.1) is 11.3 Å². The molecule has 4 rings (SSSR count). The van der Waals surface area contributed by atoms with E-state index < -0.39 is 0 Å². The van der Waals surface area contributed by atoms with E-state index in [1.54, 1.807) is 60.8 Å². The molecule has 0 saturated carbocycles. The van der Waals surface area contributed by atoms with Crippen LogP contribution in [0.1, 0.15) is 31.8 Å². The van der Waals surface area contributed by atoms with Crippen molar-refractivity contribution in [3.63, 3.8) is 0 Å². The molecular formula is C19H10ClNO2. The number of halogens is 1. The van der Waals surface area contributed by atoms with Crippen LogP contribution in [0.4, 0.5) is 0 Å². The lowest BCUT2D eigenvalue weighted by molar-refractivity contribution is 0.0979. The largest absolute Gasteiger partial charge is 0.289 e. The number of carbonyl (C=O) groups excluding carboxylic acids is 2. The highest BCUT2D eigenvalue weighted by molar-refractivity contribution is 6.31. The number of hydrogen-bond donors (Lipinski definition) is 0. The summed E-state index contributed by atoms with van der Waals surface area (Å²) in [5.74, 6) is -0.318. The minimum atomic E-state index is -0.173. The molecule has 1 aromatic heterocycles. The molecule has 0 N–H and O–H groups in total. The average Bonchev–Trinajstić information content (AvgIpc) is 2.60. The van der Waals surface area contributed by atoms with Crippen LogP contribution in [-0.2, 0) is 0 Å². The van der Waals surface area contributed by atoms with Crippen LogP contribution in [0.15, 0.2) is 60.8 Å². The summed E-state index contributed by atoms with van der Waals surface area (Å²) in [6, 6.07) is 15.5. The zero-order valence-corrected chi connectivity index (χ0v) is 12.7. The summed E-state index contributed by atoms with van der Waals surface area (Å²) >= 11 is 5.92. The molecule has 0 spiro atoms. The van der Waals surface area contributed by atoms with E-state index in [0.717, 1.165) is 5.56 Å². The van der Waals surface area contributed by atoms with Crippen LogP contribution in [0.3, 0.4) is 0 Å². The quantitative estimate of drug-likeness (QED) is 0.529. The molecular weight excluding hydrogens is 310 g/mol. The Morgan fingerprint density at radius 1 is 0.739 bits per heavy atom. The Hall–Kier alpha value is -2.78. The van der Waals surface area contributed by atoms with Gasteiger partial charge in [-0.25, -0.2) is 0 Å². The number of ketones is 2. The highest BCUT2D eigenvalue weighted by Crippen LogP contribution is 2.33. The van der Waals surface area contributed by atoms with Crippen molar-refractivity contribution in [2.24, 2.45) is 0 Å². The summed E-state index contributed by atoms with van der Waals surface area (Å²) in [7, 11) is 0. The van der Waals surface area contributed by atoms with Gasteiger partial charge in [-0.05, 0) is 18.2 Å². The van der Waals surface area contributed by atoms with Crippen LogP contribution in [0, 0.1) is 0 Å². The molecule has 0 bridgehead atoms. The summed E-state index contributed by atoms with van der Waals surface area (Å²) in [6.45, 7) is 0. The Morgan fingerprint density at radius 2 is 1.39 bits per heavy atom. The molecule has 0 atom stereocenters. The van der Waals surface area contributed by atoms with Crippen LogP contribution in [0.25, 0.3) is 11.3 Å². The third-order valence-corrected chi connectivity index (χ3v) is 4.21. The summed E-state index contributed by atoms with van der Waals surface area (Å²) in [5.41, 5.74) is 2.89. The SMILES string of the molecule is O=C1c2ccccc2C(=O)c2c1ccnc2-c1ccc(Cl)cc1. The predicted octanol–water partition coefficient (Wildman–Crippen LogP) is 4.18. The van der Waals surface area contributed by atoms with Crippen molar-refractivity contribution in [3.8, 4) is 11.3 Å². The minimum absolute atomic E-state index is 0.146. The third kappa shape index (κ3) is 2.09. The van der Waals surface area contributed by atoms with Gasteiger partial charge in [0.1, 0.15) is 0 Å². The Kier molecular flexibility index (Phi) is 3.10. The molecule has 0 unspecified atom stereocenters. The molecule has 3 aromatic rings. The molecule has 0 radical (unpaired) electrons. The first-order chi connectivity index (χ1) is 11.2. The first kappa shape index (κ1) is 13.9. The van der Waals surface area contributed by atoms with Crippen LogP contribution in [0.2, 0.25) is 5.02 Å². The van der Waals surface area contributed by atoms with E-state index in [2.05, 4.69) is 4.98 Å². The molecule has 1 aliphatic rings. The summed E-state index contributed by atoms with van der Waals surface area (Å²) in [5, 5.41) is 0.603. The van der Waals surface area contributed by atoms with Crippen molar-refractivity contribution < 1.29 is 9.59 Å². The molecule has 0 aliphatic heterocycles. The van der Waals surface area contributed by atoms with Gasteiger partial charge in [-0.3, -0.25) is 14.6 Å². The van der Waals surface area contributed by atoms with E-state index in [1.807, 2.05) is 0 Å². The van der Waals surface area contributed by atoms with Crippen molar-refractivity contribution in [1.82, 2.24) is 4.98 Å². The maximum atomic E-state index is 12.9. The molecule has 110 valence electrons.